The van der Waals surface area contributed by atoms with Gasteiger partial charge in [-0.25, -0.2) is 12.8 Å². The molecule has 2 heterocycles. The molecule has 1 amide bonds. The summed E-state index contributed by atoms with van der Waals surface area (Å²) >= 11 is 0. The van der Waals surface area contributed by atoms with E-state index < -0.39 is 21.7 Å². The molecule has 0 fully saturated rings. The number of nitrogens with zero attached hydrogens (tertiary/aromatic N) is 2. The highest BCUT2D eigenvalue weighted by molar-refractivity contribution is 7.92. The summed E-state index contributed by atoms with van der Waals surface area (Å²) in [4.78, 5) is 12.9. The van der Waals surface area contributed by atoms with Crippen molar-refractivity contribution in [3.05, 3.63) is 64.8 Å². The normalized spacial score (nSPS) is 11.6. The van der Waals surface area contributed by atoms with Crippen molar-refractivity contribution in [2.75, 3.05) is 24.7 Å². The number of ether oxygens (including phenoxy) is 1. The van der Waals surface area contributed by atoms with E-state index in [2.05, 4.69) is 10.5 Å². The van der Waals surface area contributed by atoms with Gasteiger partial charge in [-0.05, 0) is 36.8 Å². The molecule has 0 radical (unpaired) electrons. The molecule has 0 atom stereocenters. The highest BCUT2D eigenvalue weighted by Gasteiger charge is 2.26. The smallest absolute Gasteiger partial charge is 0.255 e. The quantitative estimate of drug-likeness (QED) is 0.335. The molecule has 0 unspecified atom stereocenters. The van der Waals surface area contributed by atoms with E-state index in [1.165, 1.54) is 44.4 Å². The molecule has 0 spiro atoms. The van der Waals surface area contributed by atoms with Crippen molar-refractivity contribution in [3.63, 3.8) is 0 Å². The lowest BCUT2D eigenvalue weighted by Gasteiger charge is -2.20. The Kier molecular flexibility index (Phi) is 7.26. The molecular weight excluding hydrogens is 501 g/mol. The SMILES string of the molecule is CCc1noc(CC)c1COc1cc2c(C(=O)NC)c(-c3ccc(F)cc3)oc2cc1N(C)S(C)(=O)=O. The maximum Gasteiger partial charge on any atom is 0.255 e. The van der Waals surface area contributed by atoms with Gasteiger partial charge in [0.25, 0.3) is 5.91 Å². The van der Waals surface area contributed by atoms with E-state index in [4.69, 9.17) is 13.7 Å². The van der Waals surface area contributed by atoms with Crippen LogP contribution in [0.2, 0.25) is 0 Å². The second kappa shape index (κ2) is 10.3. The number of amides is 1. The summed E-state index contributed by atoms with van der Waals surface area (Å²) in [6.45, 7) is 3.98. The Morgan fingerprint density at radius 2 is 1.86 bits per heavy atom. The molecule has 0 saturated carbocycles. The fourth-order valence-corrected chi connectivity index (χ4v) is 4.56. The maximum absolute atomic E-state index is 13.5. The largest absolute Gasteiger partial charge is 0.486 e. The Labute approximate surface area is 214 Å². The van der Waals surface area contributed by atoms with Gasteiger partial charge in [-0.15, -0.1) is 0 Å². The number of aromatic nitrogens is 1. The van der Waals surface area contributed by atoms with Crippen molar-refractivity contribution < 1.29 is 31.3 Å². The number of nitrogens with one attached hydrogen (secondary N) is 1. The Morgan fingerprint density at radius 1 is 1.16 bits per heavy atom. The van der Waals surface area contributed by atoms with Gasteiger partial charge in [0.2, 0.25) is 10.0 Å². The Bertz CT molecular complexity index is 1540. The van der Waals surface area contributed by atoms with Gasteiger partial charge >= 0.3 is 0 Å². The highest BCUT2D eigenvalue weighted by atomic mass is 32.2. The van der Waals surface area contributed by atoms with Crippen LogP contribution in [-0.2, 0) is 29.5 Å². The average molecular weight is 530 g/mol. The molecule has 2 aromatic heterocycles. The standard InChI is InChI=1S/C26H28FN3O6S/c1-6-19-18(21(7-2)36-29-19)14-34-23-12-17-22(13-20(23)30(4)37(5,32)33)35-25(24(17)26(31)28-3)15-8-10-16(27)11-9-15/h8-13H,6-7,14H2,1-5H3,(H,28,31). The number of rotatable bonds is 9. The topological polar surface area (TPSA) is 115 Å². The van der Waals surface area contributed by atoms with Crippen LogP contribution >= 0.6 is 0 Å². The van der Waals surface area contributed by atoms with Crippen LogP contribution in [0.1, 0.15) is 41.2 Å². The van der Waals surface area contributed by atoms with Crippen molar-refractivity contribution in [1.29, 1.82) is 0 Å². The number of furan rings is 1. The second-order valence-corrected chi connectivity index (χ2v) is 10.5. The molecule has 0 bridgehead atoms. The van der Waals surface area contributed by atoms with Gasteiger partial charge in [-0.1, -0.05) is 19.0 Å². The number of benzene rings is 2. The van der Waals surface area contributed by atoms with Crippen molar-refractivity contribution >= 4 is 32.6 Å². The summed E-state index contributed by atoms with van der Waals surface area (Å²) in [7, 11) is -0.773. The first-order valence-corrected chi connectivity index (χ1v) is 13.5. The summed E-state index contributed by atoms with van der Waals surface area (Å²) in [6.07, 6.45) is 2.33. The van der Waals surface area contributed by atoms with E-state index in [1.807, 2.05) is 13.8 Å². The number of aryl methyl sites for hydroxylation is 2. The number of halogens is 1. The van der Waals surface area contributed by atoms with Crippen LogP contribution in [0.5, 0.6) is 5.75 Å². The lowest BCUT2D eigenvalue weighted by molar-refractivity contribution is 0.0964. The summed E-state index contributed by atoms with van der Waals surface area (Å²) in [5.74, 6) is 0.279. The molecule has 0 aliphatic heterocycles. The zero-order valence-electron chi connectivity index (χ0n) is 21.2. The van der Waals surface area contributed by atoms with Crippen LogP contribution < -0.4 is 14.4 Å². The molecular formula is C26H28FN3O6S. The molecule has 0 aliphatic carbocycles. The first kappa shape index (κ1) is 26.2. The lowest BCUT2D eigenvalue weighted by Crippen LogP contribution is -2.25. The van der Waals surface area contributed by atoms with E-state index in [0.29, 0.717) is 29.6 Å². The van der Waals surface area contributed by atoms with Crippen LogP contribution in [0.3, 0.4) is 0 Å². The number of sulfonamides is 1. The Morgan fingerprint density at radius 3 is 2.46 bits per heavy atom. The number of fused-ring (bicyclic) bond motifs is 1. The number of hydrogen-bond donors (Lipinski definition) is 1. The van der Waals surface area contributed by atoms with Crippen LogP contribution in [0.4, 0.5) is 10.1 Å². The predicted molar refractivity (Wildman–Crippen MR) is 138 cm³/mol. The van der Waals surface area contributed by atoms with Crippen molar-refractivity contribution in [2.45, 2.75) is 33.3 Å². The second-order valence-electron chi connectivity index (χ2n) is 8.47. The number of carbonyl (C=O) groups excluding carboxylic acids is 1. The Balaban J connectivity index is 1.92. The molecule has 11 heteroatoms. The minimum absolute atomic E-state index is 0.0872. The van der Waals surface area contributed by atoms with Gasteiger partial charge in [0.05, 0.1) is 28.8 Å². The maximum atomic E-state index is 13.5. The van der Waals surface area contributed by atoms with Gasteiger partial charge in [-0.3, -0.25) is 9.10 Å². The van der Waals surface area contributed by atoms with Gasteiger partial charge in [0.1, 0.15) is 35.3 Å². The summed E-state index contributed by atoms with van der Waals surface area (Å²) in [6, 6.07) is 8.64. The van der Waals surface area contributed by atoms with Gasteiger partial charge < -0.3 is 19.0 Å². The van der Waals surface area contributed by atoms with Crippen LogP contribution in [0, 0.1) is 5.82 Å². The van der Waals surface area contributed by atoms with Gasteiger partial charge in [0.15, 0.2) is 0 Å². The highest BCUT2D eigenvalue weighted by Crippen LogP contribution is 2.41. The molecule has 2 aromatic carbocycles. The van der Waals surface area contributed by atoms with E-state index in [0.717, 1.165) is 21.8 Å². The first-order valence-electron chi connectivity index (χ1n) is 11.7. The third kappa shape index (κ3) is 5.04. The Hall–Kier alpha value is -3.86. The minimum Gasteiger partial charge on any atom is -0.486 e. The van der Waals surface area contributed by atoms with Crippen LogP contribution in [0.25, 0.3) is 22.3 Å². The zero-order valence-corrected chi connectivity index (χ0v) is 22.0. The number of anilines is 1. The molecule has 4 rings (SSSR count). The fourth-order valence-electron chi connectivity index (χ4n) is 4.06. The number of hydrogen-bond acceptors (Lipinski definition) is 7. The predicted octanol–water partition coefficient (Wildman–Crippen LogP) is 4.69. The lowest BCUT2D eigenvalue weighted by atomic mass is 10.0. The van der Waals surface area contributed by atoms with E-state index in [-0.39, 0.29) is 35.0 Å². The molecule has 37 heavy (non-hydrogen) atoms. The minimum atomic E-state index is -3.67. The van der Waals surface area contributed by atoms with Crippen LogP contribution in [-0.4, -0.2) is 39.8 Å². The van der Waals surface area contributed by atoms with E-state index in [9.17, 15) is 17.6 Å². The van der Waals surface area contributed by atoms with Gasteiger partial charge in [0, 0.05) is 37.5 Å². The van der Waals surface area contributed by atoms with Crippen molar-refractivity contribution in [3.8, 4) is 17.1 Å². The molecule has 196 valence electrons. The average Bonchev–Trinajstić information content (AvgIpc) is 3.46. The first-order chi connectivity index (χ1) is 17.6. The summed E-state index contributed by atoms with van der Waals surface area (Å²) in [5.41, 5.74) is 2.75. The molecule has 1 N–H and O–H groups in total. The number of carbonyl (C=O) groups is 1. The zero-order chi connectivity index (χ0) is 26.9. The molecule has 9 nitrogen and oxygen atoms in total. The van der Waals surface area contributed by atoms with Crippen LogP contribution in [0.15, 0.2) is 45.3 Å². The van der Waals surface area contributed by atoms with Gasteiger partial charge in [-0.2, -0.15) is 0 Å². The third-order valence-corrected chi connectivity index (χ3v) is 7.34. The molecule has 4 aromatic rings. The summed E-state index contributed by atoms with van der Waals surface area (Å²) < 4.78 is 57.2. The van der Waals surface area contributed by atoms with E-state index in [1.54, 1.807) is 6.07 Å². The van der Waals surface area contributed by atoms with Crippen molar-refractivity contribution in [2.24, 2.45) is 0 Å². The summed E-state index contributed by atoms with van der Waals surface area (Å²) in [5, 5.41) is 7.12. The monoisotopic (exact) mass is 529 g/mol. The van der Waals surface area contributed by atoms with Crippen molar-refractivity contribution in [1.82, 2.24) is 10.5 Å². The molecule has 0 aliphatic rings. The fraction of sp³-hybridized carbons (Fsp3) is 0.308. The van der Waals surface area contributed by atoms with E-state index >= 15 is 0 Å². The third-order valence-electron chi connectivity index (χ3n) is 6.15. The molecule has 0 saturated heterocycles.